The summed E-state index contributed by atoms with van der Waals surface area (Å²) in [6.45, 7) is 3.63. The fraction of sp³-hybridized carbons (Fsp3) is 0.321. The summed E-state index contributed by atoms with van der Waals surface area (Å²) in [5.74, 6) is 0.254. The third kappa shape index (κ3) is 7.57. The number of ether oxygens (including phenoxy) is 1. The van der Waals surface area contributed by atoms with Gasteiger partial charge in [-0.1, -0.05) is 54.6 Å². The van der Waals surface area contributed by atoms with Gasteiger partial charge in [0, 0.05) is 13.1 Å². The number of sulfonamides is 1. The third-order valence-corrected chi connectivity index (χ3v) is 7.29. The summed E-state index contributed by atoms with van der Waals surface area (Å²) < 4.78 is 31.8. The van der Waals surface area contributed by atoms with E-state index in [-0.39, 0.29) is 12.5 Å². The smallest absolute Gasteiger partial charge is 0.241 e. The number of likely N-dealkylation sites (tertiary alicyclic amines) is 1. The number of carbonyl (C=O) groups excluding carboxylic acids is 1. The first-order valence-corrected chi connectivity index (χ1v) is 14.0. The van der Waals surface area contributed by atoms with Crippen molar-refractivity contribution in [2.24, 2.45) is 0 Å². The molecule has 0 bridgehead atoms. The van der Waals surface area contributed by atoms with Gasteiger partial charge in [-0.15, -0.1) is 0 Å². The van der Waals surface area contributed by atoms with E-state index in [1.807, 2.05) is 42.5 Å². The van der Waals surface area contributed by atoms with Crippen LogP contribution in [0.5, 0.6) is 5.75 Å². The van der Waals surface area contributed by atoms with Gasteiger partial charge < -0.3 is 10.1 Å². The van der Waals surface area contributed by atoms with Crippen LogP contribution in [0.2, 0.25) is 0 Å². The number of hydrogen-bond acceptors (Lipinski definition) is 5. The quantitative estimate of drug-likeness (QED) is 0.425. The molecule has 1 heterocycles. The molecule has 0 spiro atoms. The first-order chi connectivity index (χ1) is 17.4. The average molecular weight is 508 g/mol. The predicted molar refractivity (Wildman–Crippen MR) is 142 cm³/mol. The molecule has 3 aromatic rings. The lowest BCUT2D eigenvalue weighted by Gasteiger charge is -2.22. The van der Waals surface area contributed by atoms with E-state index in [4.69, 9.17) is 4.74 Å². The fourth-order valence-electron chi connectivity index (χ4n) is 4.27. The highest BCUT2D eigenvalue weighted by Gasteiger charge is 2.21. The molecule has 190 valence electrons. The Balaban J connectivity index is 1.33. The number of carbonyl (C=O) groups is 1. The van der Waals surface area contributed by atoms with Crippen molar-refractivity contribution in [2.75, 3.05) is 30.2 Å². The Morgan fingerprint density at radius 1 is 0.917 bits per heavy atom. The van der Waals surface area contributed by atoms with E-state index in [1.165, 1.54) is 18.4 Å². The van der Waals surface area contributed by atoms with Gasteiger partial charge in [0.05, 0.1) is 11.9 Å². The second-order valence-electron chi connectivity index (χ2n) is 9.12. The van der Waals surface area contributed by atoms with E-state index >= 15 is 0 Å². The lowest BCUT2D eigenvalue weighted by Crippen LogP contribution is -2.40. The van der Waals surface area contributed by atoms with Gasteiger partial charge in [-0.25, -0.2) is 8.42 Å². The number of nitrogens with zero attached hydrogens (tertiary/aromatic N) is 2. The molecule has 1 amide bonds. The van der Waals surface area contributed by atoms with E-state index in [0.717, 1.165) is 41.3 Å². The largest absolute Gasteiger partial charge is 0.489 e. The molecular weight excluding hydrogens is 474 g/mol. The standard InChI is InChI=1S/C28H33N3O4S/c1-36(33,34)31(26-12-14-27(15-13-26)35-22-23-8-3-2-4-9-23)21-28(32)29-19-24-10-7-11-25(18-24)20-30-16-5-6-17-30/h2-4,7-15,18H,5-6,16-17,19-22H2,1H3,(H,29,32). The van der Waals surface area contributed by atoms with E-state index in [9.17, 15) is 13.2 Å². The lowest BCUT2D eigenvalue weighted by atomic mass is 10.1. The summed E-state index contributed by atoms with van der Waals surface area (Å²) in [7, 11) is -3.66. The molecule has 0 radical (unpaired) electrons. The lowest BCUT2D eigenvalue weighted by molar-refractivity contribution is -0.119. The normalized spacial score (nSPS) is 13.9. The predicted octanol–water partition coefficient (Wildman–Crippen LogP) is 3.94. The van der Waals surface area contributed by atoms with E-state index in [0.29, 0.717) is 24.6 Å². The van der Waals surface area contributed by atoms with E-state index in [1.54, 1.807) is 24.3 Å². The van der Waals surface area contributed by atoms with Gasteiger partial charge >= 0.3 is 0 Å². The van der Waals surface area contributed by atoms with Crippen LogP contribution >= 0.6 is 0 Å². The van der Waals surface area contributed by atoms with Crippen LogP contribution in [0.15, 0.2) is 78.9 Å². The van der Waals surface area contributed by atoms with Crippen molar-refractivity contribution in [1.29, 1.82) is 0 Å². The molecule has 1 aliphatic rings. The number of hydrogen-bond donors (Lipinski definition) is 1. The summed E-state index contributed by atoms with van der Waals surface area (Å²) in [6, 6.07) is 24.7. The molecule has 1 aliphatic heterocycles. The zero-order valence-corrected chi connectivity index (χ0v) is 21.4. The van der Waals surface area contributed by atoms with Crippen LogP contribution in [0.1, 0.15) is 29.5 Å². The number of benzene rings is 3. The van der Waals surface area contributed by atoms with Crippen LogP contribution in [-0.2, 0) is 34.5 Å². The van der Waals surface area contributed by atoms with Gasteiger partial charge in [-0.05, 0) is 66.9 Å². The van der Waals surface area contributed by atoms with Crippen LogP contribution in [0.3, 0.4) is 0 Å². The second-order valence-corrected chi connectivity index (χ2v) is 11.0. The molecule has 36 heavy (non-hydrogen) atoms. The van der Waals surface area contributed by atoms with Gasteiger partial charge in [0.25, 0.3) is 0 Å². The Kier molecular flexibility index (Phi) is 8.61. The highest BCUT2D eigenvalue weighted by atomic mass is 32.2. The molecule has 4 rings (SSSR count). The maximum atomic E-state index is 12.7. The molecule has 0 aromatic heterocycles. The fourth-order valence-corrected chi connectivity index (χ4v) is 5.13. The Morgan fingerprint density at radius 3 is 2.28 bits per heavy atom. The maximum Gasteiger partial charge on any atom is 0.241 e. The molecule has 7 nitrogen and oxygen atoms in total. The van der Waals surface area contributed by atoms with Gasteiger partial charge in [-0.3, -0.25) is 14.0 Å². The van der Waals surface area contributed by atoms with E-state index < -0.39 is 10.0 Å². The highest BCUT2D eigenvalue weighted by molar-refractivity contribution is 7.92. The van der Waals surface area contributed by atoms with Crippen LogP contribution < -0.4 is 14.4 Å². The molecule has 1 saturated heterocycles. The topological polar surface area (TPSA) is 79.0 Å². The minimum atomic E-state index is -3.66. The SMILES string of the molecule is CS(=O)(=O)N(CC(=O)NCc1cccc(CN2CCCC2)c1)c1ccc(OCc2ccccc2)cc1. The summed E-state index contributed by atoms with van der Waals surface area (Å²) in [6.07, 6.45) is 3.59. The first kappa shape index (κ1) is 25.7. The Labute approximate surface area is 213 Å². The average Bonchev–Trinajstić information content (AvgIpc) is 3.38. The first-order valence-electron chi connectivity index (χ1n) is 12.2. The molecular formula is C28H33N3O4S. The molecule has 0 atom stereocenters. The zero-order chi connectivity index (χ0) is 25.4. The minimum Gasteiger partial charge on any atom is -0.489 e. The van der Waals surface area contributed by atoms with Crippen LogP contribution in [0.4, 0.5) is 5.69 Å². The maximum absolute atomic E-state index is 12.7. The number of anilines is 1. The summed E-state index contributed by atoms with van der Waals surface area (Å²) in [4.78, 5) is 15.1. The number of amides is 1. The van der Waals surface area contributed by atoms with Gasteiger partial charge in [0.2, 0.25) is 15.9 Å². The third-order valence-electron chi connectivity index (χ3n) is 6.15. The van der Waals surface area contributed by atoms with Crippen molar-refractivity contribution in [3.8, 4) is 5.75 Å². The monoisotopic (exact) mass is 507 g/mol. The van der Waals surface area contributed by atoms with Crippen LogP contribution in [0.25, 0.3) is 0 Å². The molecule has 3 aromatic carbocycles. The Morgan fingerprint density at radius 2 is 1.58 bits per heavy atom. The molecule has 0 saturated carbocycles. The summed E-state index contributed by atoms with van der Waals surface area (Å²) in [5.41, 5.74) is 3.66. The highest BCUT2D eigenvalue weighted by Crippen LogP contribution is 2.22. The van der Waals surface area contributed by atoms with Crippen LogP contribution in [-0.4, -0.2) is 45.1 Å². The van der Waals surface area contributed by atoms with Gasteiger partial charge in [0.15, 0.2) is 0 Å². The van der Waals surface area contributed by atoms with Crippen molar-refractivity contribution in [3.63, 3.8) is 0 Å². The van der Waals surface area contributed by atoms with Crippen molar-refractivity contribution < 1.29 is 17.9 Å². The molecule has 0 aliphatic carbocycles. The van der Waals surface area contributed by atoms with E-state index in [2.05, 4.69) is 22.3 Å². The molecule has 8 heteroatoms. The van der Waals surface area contributed by atoms with Crippen molar-refractivity contribution in [2.45, 2.75) is 32.5 Å². The number of rotatable bonds is 11. The number of nitrogens with one attached hydrogen (secondary N) is 1. The molecule has 1 N–H and O–H groups in total. The van der Waals surface area contributed by atoms with Crippen molar-refractivity contribution >= 4 is 21.6 Å². The Hall–Kier alpha value is -3.36. The van der Waals surface area contributed by atoms with Gasteiger partial charge in [-0.2, -0.15) is 0 Å². The molecule has 1 fully saturated rings. The van der Waals surface area contributed by atoms with Crippen molar-refractivity contribution in [3.05, 3.63) is 95.6 Å². The minimum absolute atomic E-state index is 0.295. The second kappa shape index (κ2) is 12.1. The molecule has 0 unspecified atom stereocenters. The van der Waals surface area contributed by atoms with Gasteiger partial charge in [0.1, 0.15) is 18.9 Å². The Bertz CT molecular complexity index is 1240. The van der Waals surface area contributed by atoms with Crippen molar-refractivity contribution in [1.82, 2.24) is 10.2 Å². The van der Waals surface area contributed by atoms with Crippen LogP contribution in [0, 0.1) is 0 Å². The zero-order valence-electron chi connectivity index (χ0n) is 20.6. The summed E-state index contributed by atoms with van der Waals surface area (Å²) >= 11 is 0. The summed E-state index contributed by atoms with van der Waals surface area (Å²) in [5, 5.41) is 2.86.